The van der Waals surface area contributed by atoms with Gasteiger partial charge in [-0.2, -0.15) is 0 Å². The van der Waals surface area contributed by atoms with Crippen LogP contribution in [0.25, 0.3) is 11.1 Å². The van der Waals surface area contributed by atoms with Crippen LogP contribution in [0.2, 0.25) is 0 Å². The summed E-state index contributed by atoms with van der Waals surface area (Å²) in [7, 11) is 0. The van der Waals surface area contributed by atoms with Crippen molar-refractivity contribution in [2.75, 3.05) is 13.1 Å². The quantitative estimate of drug-likeness (QED) is 0.771. The van der Waals surface area contributed by atoms with E-state index in [2.05, 4.69) is 0 Å². The maximum absolute atomic E-state index is 14.5. The maximum atomic E-state index is 14.5. The van der Waals surface area contributed by atoms with Crippen molar-refractivity contribution in [3.63, 3.8) is 0 Å². The van der Waals surface area contributed by atoms with E-state index in [0.717, 1.165) is 17.7 Å². The van der Waals surface area contributed by atoms with E-state index in [1.807, 2.05) is 31.7 Å². The van der Waals surface area contributed by atoms with Gasteiger partial charge in [-0.15, -0.1) is 0 Å². The van der Waals surface area contributed by atoms with E-state index in [1.165, 1.54) is 12.1 Å². The van der Waals surface area contributed by atoms with Gasteiger partial charge in [0.2, 0.25) is 5.91 Å². The van der Waals surface area contributed by atoms with E-state index >= 15 is 0 Å². The molecule has 0 unspecified atom stereocenters. The summed E-state index contributed by atoms with van der Waals surface area (Å²) in [6.45, 7) is 7.65. The molecule has 1 saturated heterocycles. The Balaban J connectivity index is 1.81. The van der Waals surface area contributed by atoms with E-state index < -0.39 is 5.41 Å². The van der Waals surface area contributed by atoms with E-state index in [9.17, 15) is 14.0 Å². The van der Waals surface area contributed by atoms with Gasteiger partial charge >= 0.3 is 0 Å². The maximum Gasteiger partial charge on any atom is 0.250 e. The van der Waals surface area contributed by atoms with Crippen molar-refractivity contribution in [3.05, 3.63) is 58.3 Å². The lowest BCUT2D eigenvalue weighted by Gasteiger charge is -2.45. The molecule has 0 spiro atoms. The normalized spacial score (nSPS) is 21.7. The van der Waals surface area contributed by atoms with E-state index in [-0.39, 0.29) is 29.1 Å². The van der Waals surface area contributed by atoms with Crippen molar-refractivity contribution in [1.29, 1.82) is 0 Å². The van der Waals surface area contributed by atoms with E-state index in [0.29, 0.717) is 25.2 Å². The second kappa shape index (κ2) is 6.32. The van der Waals surface area contributed by atoms with Crippen LogP contribution in [-0.2, 0) is 11.3 Å². The molecular weight excluding hydrogens is 343 g/mol. The number of nitrogens with zero attached hydrogens (tertiary/aromatic N) is 2. The Morgan fingerprint density at radius 2 is 1.78 bits per heavy atom. The molecule has 5 heteroatoms. The number of amides is 1. The first-order valence-electron chi connectivity index (χ1n) is 9.53. The molecule has 0 radical (unpaired) electrons. The van der Waals surface area contributed by atoms with Crippen LogP contribution in [0.4, 0.5) is 4.39 Å². The van der Waals surface area contributed by atoms with Gasteiger partial charge in [-0.05, 0) is 24.5 Å². The molecule has 4 nitrogen and oxygen atoms in total. The van der Waals surface area contributed by atoms with Crippen molar-refractivity contribution < 1.29 is 9.18 Å². The summed E-state index contributed by atoms with van der Waals surface area (Å²) >= 11 is 0. The number of aromatic nitrogens is 1. The topological polar surface area (TPSA) is 42.3 Å². The number of hydrogen-bond donors (Lipinski definition) is 0. The molecular formula is C22H25FN2O2. The summed E-state index contributed by atoms with van der Waals surface area (Å²) in [5, 5.41) is 0. The summed E-state index contributed by atoms with van der Waals surface area (Å²) < 4.78 is 16.3. The van der Waals surface area contributed by atoms with Crippen molar-refractivity contribution in [1.82, 2.24) is 9.47 Å². The summed E-state index contributed by atoms with van der Waals surface area (Å²) in [6, 6.07) is 9.94. The van der Waals surface area contributed by atoms with Crippen LogP contribution >= 0.6 is 0 Å². The zero-order chi connectivity index (χ0) is 19.3. The van der Waals surface area contributed by atoms with Gasteiger partial charge in [0.15, 0.2) is 0 Å². The Morgan fingerprint density at radius 3 is 2.48 bits per heavy atom. The number of hydrogen-bond acceptors (Lipinski definition) is 2. The highest BCUT2D eigenvalue weighted by Crippen LogP contribution is 2.41. The van der Waals surface area contributed by atoms with Gasteiger partial charge in [0.1, 0.15) is 5.82 Å². The average Bonchev–Trinajstić information content (AvgIpc) is 2.61. The largest absolute Gasteiger partial charge is 0.341 e. The minimum atomic E-state index is -0.434. The Hall–Kier alpha value is -2.43. The van der Waals surface area contributed by atoms with Crippen molar-refractivity contribution in [2.24, 2.45) is 11.3 Å². The average molecular weight is 368 g/mol. The molecule has 1 aromatic carbocycles. The summed E-state index contributed by atoms with van der Waals surface area (Å²) in [6.07, 6.45) is 0.929. The number of pyridine rings is 1. The van der Waals surface area contributed by atoms with Crippen LogP contribution in [0.15, 0.2) is 41.2 Å². The van der Waals surface area contributed by atoms with Crippen LogP contribution < -0.4 is 5.56 Å². The third kappa shape index (κ3) is 3.09. The van der Waals surface area contributed by atoms with Crippen molar-refractivity contribution in [3.8, 4) is 11.1 Å². The van der Waals surface area contributed by atoms with E-state index in [4.69, 9.17) is 0 Å². The van der Waals surface area contributed by atoms with Crippen molar-refractivity contribution >= 4 is 5.91 Å². The Bertz CT molecular complexity index is 958. The van der Waals surface area contributed by atoms with Gasteiger partial charge in [0.05, 0.1) is 0 Å². The molecule has 0 saturated carbocycles. The van der Waals surface area contributed by atoms with Crippen LogP contribution in [0, 0.1) is 17.2 Å². The minimum Gasteiger partial charge on any atom is -0.341 e. The number of fused-ring (bicyclic) bond motifs is 4. The highest BCUT2D eigenvalue weighted by Gasteiger charge is 2.40. The Morgan fingerprint density at radius 1 is 1.04 bits per heavy atom. The molecule has 1 amide bonds. The summed E-state index contributed by atoms with van der Waals surface area (Å²) in [5.74, 6) is 0.152. The summed E-state index contributed by atoms with van der Waals surface area (Å²) in [5.41, 5.74) is 1.67. The van der Waals surface area contributed by atoms with Crippen LogP contribution in [0.5, 0.6) is 0 Å². The number of rotatable bonds is 1. The number of likely N-dealkylation sites (tertiary alicyclic amines) is 1. The number of halogens is 1. The van der Waals surface area contributed by atoms with Gasteiger partial charge in [-0.1, -0.05) is 39.0 Å². The van der Waals surface area contributed by atoms with E-state index in [1.54, 1.807) is 22.8 Å². The third-order valence-electron chi connectivity index (χ3n) is 5.68. The third-order valence-corrected chi connectivity index (χ3v) is 5.68. The number of benzene rings is 1. The molecule has 3 heterocycles. The lowest BCUT2D eigenvalue weighted by atomic mass is 9.79. The first-order valence-corrected chi connectivity index (χ1v) is 9.53. The van der Waals surface area contributed by atoms with Gasteiger partial charge in [0, 0.05) is 53.9 Å². The minimum absolute atomic E-state index is 0.0459. The predicted octanol–water partition coefficient (Wildman–Crippen LogP) is 3.65. The fourth-order valence-electron chi connectivity index (χ4n) is 4.56. The van der Waals surface area contributed by atoms with Gasteiger partial charge in [0.25, 0.3) is 5.56 Å². The highest BCUT2D eigenvalue weighted by molar-refractivity contribution is 5.82. The highest BCUT2D eigenvalue weighted by atomic mass is 19.1. The lowest BCUT2D eigenvalue weighted by molar-refractivity contribution is -0.142. The molecule has 1 fully saturated rings. The van der Waals surface area contributed by atoms with Crippen molar-refractivity contribution in [2.45, 2.75) is 39.7 Å². The second-order valence-electron chi connectivity index (χ2n) is 8.82. The molecule has 2 bridgehead atoms. The predicted molar refractivity (Wildman–Crippen MR) is 103 cm³/mol. The Labute approximate surface area is 158 Å². The zero-order valence-corrected chi connectivity index (χ0v) is 16.0. The molecule has 1 aromatic heterocycles. The Kier molecular flexibility index (Phi) is 4.21. The standard InChI is InChI=1S/C22H25FN2O2/c1-22(2,3)21(27)24-11-14-10-15(13-24)20-17(8-9-19(26)25(20)12-14)16-6-4-5-7-18(16)23/h4-9,14-15H,10-13H2,1-3H3/t14-,15+/m0/s1. The number of carbonyl (C=O) groups is 1. The van der Waals surface area contributed by atoms with Crippen LogP contribution in [-0.4, -0.2) is 28.5 Å². The fourth-order valence-corrected chi connectivity index (χ4v) is 4.56. The van der Waals surface area contributed by atoms with Crippen LogP contribution in [0.1, 0.15) is 38.8 Å². The smallest absolute Gasteiger partial charge is 0.250 e. The summed E-state index contributed by atoms with van der Waals surface area (Å²) in [4.78, 5) is 27.3. The lowest BCUT2D eigenvalue weighted by Crippen LogP contribution is -2.51. The zero-order valence-electron chi connectivity index (χ0n) is 16.0. The molecule has 4 rings (SSSR count). The number of piperidine rings is 1. The molecule has 0 aliphatic carbocycles. The molecule has 27 heavy (non-hydrogen) atoms. The first-order chi connectivity index (χ1) is 12.8. The van der Waals surface area contributed by atoms with Crippen LogP contribution in [0.3, 0.4) is 0 Å². The monoisotopic (exact) mass is 368 g/mol. The first kappa shape index (κ1) is 18.0. The number of carbonyl (C=O) groups excluding carboxylic acids is 1. The molecule has 2 aliphatic heterocycles. The SMILES string of the molecule is CC(C)(C)C(=O)N1C[C@@H]2C[C@H](C1)c1c(-c3ccccc3F)ccc(=O)n1C2. The van der Waals surface area contributed by atoms with Gasteiger partial charge in [-0.3, -0.25) is 9.59 Å². The molecule has 0 N–H and O–H groups in total. The fraction of sp³-hybridized carbons (Fsp3) is 0.455. The van der Waals surface area contributed by atoms with Gasteiger partial charge < -0.3 is 9.47 Å². The molecule has 142 valence electrons. The molecule has 2 aliphatic rings. The second-order valence-corrected chi connectivity index (χ2v) is 8.82. The van der Waals surface area contributed by atoms with Gasteiger partial charge in [-0.25, -0.2) is 4.39 Å². The molecule has 2 atom stereocenters. The molecule has 2 aromatic rings.